The molecule has 0 unspecified atom stereocenters. The highest BCUT2D eigenvalue weighted by Gasteiger charge is 3.12. The van der Waals surface area contributed by atoms with E-state index in [1.54, 1.807) is 0 Å². The summed E-state index contributed by atoms with van der Waals surface area (Å²) in [4.78, 5) is 89.3. The zero-order valence-electron chi connectivity index (χ0n) is 39.5. The van der Waals surface area contributed by atoms with Crippen LogP contribution < -0.4 is 4.74 Å². The highest BCUT2D eigenvalue weighted by Crippen LogP contribution is 2.88. The summed E-state index contributed by atoms with van der Waals surface area (Å²) < 4.78 is 50.9. The number of aliphatic hydroxyl groups excluding tert-OH is 2. The third-order valence-corrected chi connectivity index (χ3v) is 16.1. The normalized spacial score (nSPS) is 36.7. The maximum Gasteiger partial charge on any atom is 0.343 e. The van der Waals surface area contributed by atoms with Crippen molar-refractivity contribution in [2.75, 3.05) is 13.2 Å². The lowest BCUT2D eigenvalue weighted by molar-refractivity contribution is -0.606. The first-order chi connectivity index (χ1) is 37.8. The van der Waals surface area contributed by atoms with E-state index in [0.29, 0.717) is 18.2 Å². The lowest BCUT2D eigenvalue weighted by Crippen LogP contribution is -2.96. The van der Waals surface area contributed by atoms with Gasteiger partial charge in [-0.3, -0.25) is 4.79 Å². The minimum Gasteiger partial charge on any atom is -0.504 e. The van der Waals surface area contributed by atoms with Gasteiger partial charge in [0.1, 0.15) is 24.2 Å². The first kappa shape index (κ1) is 52.6. The Labute approximate surface area is 443 Å². The van der Waals surface area contributed by atoms with Crippen molar-refractivity contribution in [2.24, 2.45) is 11.3 Å². The van der Waals surface area contributed by atoms with Crippen molar-refractivity contribution in [3.8, 4) is 80.1 Å². The minimum absolute atomic E-state index is 0.241. The van der Waals surface area contributed by atoms with E-state index in [2.05, 4.69) is 0 Å². The molecule has 19 N–H and O–H groups in total. The summed E-state index contributed by atoms with van der Waals surface area (Å²) in [5.74, 6) is -53.7. The van der Waals surface area contributed by atoms with Crippen LogP contribution in [0.1, 0.15) is 52.9 Å². The largest absolute Gasteiger partial charge is 0.504 e. The van der Waals surface area contributed by atoms with Crippen molar-refractivity contribution in [2.45, 2.75) is 77.1 Å². The number of phenols is 11. The number of ether oxygens (including phenoxy) is 9. The number of aromatic hydroxyl groups is 11. The van der Waals surface area contributed by atoms with Gasteiger partial charge < -0.3 is 140 Å². The van der Waals surface area contributed by atoms with Crippen molar-refractivity contribution in [1.82, 2.24) is 0 Å². The smallest absolute Gasteiger partial charge is 0.343 e. The van der Waals surface area contributed by atoms with Gasteiger partial charge in [0.2, 0.25) is 46.8 Å². The number of carbonyl (C=O) groups is 6. The molecule has 8 heterocycles. The number of esters is 5. The van der Waals surface area contributed by atoms with Gasteiger partial charge in [-0.15, -0.1) is 0 Å². The van der Waals surface area contributed by atoms with Crippen molar-refractivity contribution in [1.29, 1.82) is 0 Å². The van der Waals surface area contributed by atoms with Gasteiger partial charge in [0.15, 0.2) is 69.6 Å². The number of rotatable bonds is 5. The topological polar surface area (TPSA) is 570 Å². The fraction of sp³-hybridized carbons (Fsp3) is 0.362. The van der Waals surface area contributed by atoms with Crippen molar-refractivity contribution in [3.63, 3.8) is 0 Å². The molecule has 4 aromatic carbocycles. The average molecular weight is 1140 g/mol. The van der Waals surface area contributed by atoms with E-state index < -0.39 is 245 Å². The Morgan fingerprint density at radius 2 is 1.15 bits per heavy atom. The molecule has 34 heteroatoms. The molecule has 10 aliphatic rings. The fourth-order valence-electron chi connectivity index (χ4n) is 12.8. The summed E-state index contributed by atoms with van der Waals surface area (Å²) in [6.45, 7) is -3.36. The number of cyclic esters (lactones) is 1. The molecule has 4 aromatic rings. The zero-order chi connectivity index (χ0) is 58.9. The van der Waals surface area contributed by atoms with Crippen molar-refractivity contribution >= 4 is 35.8 Å². The number of phenolic OH excluding ortho intramolecular Hbond substituents is 11. The van der Waals surface area contributed by atoms with E-state index in [1.165, 1.54) is 0 Å². The molecule has 15 atom stereocenters. The Balaban J connectivity index is 1.16. The Morgan fingerprint density at radius 3 is 1.73 bits per heavy atom. The summed E-state index contributed by atoms with van der Waals surface area (Å²) >= 11 is 0. The molecule has 34 nitrogen and oxygen atoms in total. The first-order valence-corrected chi connectivity index (χ1v) is 23.1. The van der Waals surface area contributed by atoms with Crippen LogP contribution >= 0.6 is 0 Å². The van der Waals surface area contributed by atoms with E-state index in [0.717, 1.165) is 0 Å². The second kappa shape index (κ2) is 15.8. The molecule has 0 radical (unpaired) electrons. The Morgan fingerprint density at radius 1 is 0.617 bits per heavy atom. The maximum atomic E-state index is 16.3. The van der Waals surface area contributed by atoms with Gasteiger partial charge in [-0.1, -0.05) is 0 Å². The molecule has 7 fully saturated rings. The number of aliphatic hydroxyl groups is 7. The fourth-order valence-corrected chi connectivity index (χ4v) is 12.8. The predicted molar refractivity (Wildman–Crippen MR) is 235 cm³/mol. The molecule has 428 valence electrons. The van der Waals surface area contributed by atoms with E-state index in [1.807, 2.05) is 0 Å². The molecular formula is C47H36O34. The second-order valence-corrected chi connectivity index (χ2v) is 19.8. The highest BCUT2D eigenvalue weighted by atomic mass is 16.9. The first-order valence-electron chi connectivity index (χ1n) is 23.1. The van der Waals surface area contributed by atoms with Gasteiger partial charge in [-0.2, -0.15) is 0 Å². The standard InChI is InChI=1S/C47H36O34/c48-6-18(54)42(68)38-41-32-21-11(5-16(53)25(58)29(21)79-44(32,69)47(72)45(38,70)81-46(42,71)43(41,80-47)39(65)66)36(64)76-31-30-28(77-40(41)67)17(74-37(31)78-33(61)8-1-12(49)22(55)13(50)2-8)7-73-34(62)9-3-14(51)23(56)26(59)19(9)20-10(35(63)75-30)4-15(52)24(57)27(20)60/h1-5,17-18,28,30-32,37-38,48-60,68-72H,6-7H2,(H,65,66)/t17-,18+,28-,30+,31-,32-,37+,38-,41+,42-,43-,44-,45+,46-,47-/m1/s1. The van der Waals surface area contributed by atoms with Crippen molar-refractivity contribution < 1.29 is 168 Å². The number of carbonyl (C=O) groups excluding carboxylic acids is 5. The third-order valence-electron chi connectivity index (χ3n) is 16.1. The quantitative estimate of drug-likeness (QED) is 0.0508. The predicted octanol–water partition coefficient (Wildman–Crippen LogP) is -4.63. The summed E-state index contributed by atoms with van der Waals surface area (Å²) in [6.07, 6.45) is -17.1. The van der Waals surface area contributed by atoms with Crippen LogP contribution in [0.4, 0.5) is 0 Å². The molecule has 2 saturated carbocycles. The van der Waals surface area contributed by atoms with E-state index in [4.69, 9.17) is 42.6 Å². The molecule has 0 aromatic heterocycles. The maximum absolute atomic E-state index is 16.3. The Hall–Kier alpha value is -9.10. The van der Waals surface area contributed by atoms with Crippen LogP contribution in [0.15, 0.2) is 30.3 Å². The summed E-state index contributed by atoms with van der Waals surface area (Å²) in [6, 6.07) is 1.81. The summed E-state index contributed by atoms with van der Waals surface area (Å²) in [7, 11) is 0. The van der Waals surface area contributed by atoms with E-state index in [-0.39, 0.29) is 12.1 Å². The van der Waals surface area contributed by atoms with Crippen LogP contribution in [0.25, 0.3) is 11.1 Å². The number of carboxylic acid groups (broad SMARTS) is 1. The molecular weight excluding hydrogens is 1110 g/mol. The van der Waals surface area contributed by atoms with Gasteiger partial charge in [0.05, 0.1) is 40.7 Å². The van der Waals surface area contributed by atoms with Gasteiger partial charge >= 0.3 is 35.8 Å². The summed E-state index contributed by atoms with van der Waals surface area (Å²) in [5, 5.41) is 215. The van der Waals surface area contributed by atoms with Gasteiger partial charge in [-0.05, 0) is 30.3 Å². The van der Waals surface area contributed by atoms with Crippen molar-refractivity contribution in [3.05, 3.63) is 58.1 Å². The van der Waals surface area contributed by atoms with Crippen LogP contribution in [-0.4, -0.2) is 217 Å². The van der Waals surface area contributed by atoms with Gasteiger partial charge in [0, 0.05) is 16.7 Å². The number of carboxylic acids is 1. The van der Waals surface area contributed by atoms with Crippen LogP contribution in [0.3, 0.4) is 0 Å². The number of aliphatic carboxylic acids is 1. The van der Waals surface area contributed by atoms with Crippen LogP contribution in [0.5, 0.6) is 69.0 Å². The van der Waals surface area contributed by atoms with E-state index >= 15 is 14.4 Å². The van der Waals surface area contributed by atoms with Gasteiger partial charge in [-0.25, -0.2) is 24.0 Å². The number of benzene rings is 4. The highest BCUT2D eigenvalue weighted by molar-refractivity contribution is 6.08. The SMILES string of the molecule is O=C(O[C@@H]1O[C@@H]2COC(=O)c3cc(O)c(O)c(O)c3-c3c(cc(O)c(O)c3O)C(=O)O[C@@H]3[C@H]1OC(=O)c1cc(O)c(O)c4c1[C@@H]1[C@@]5(C(=O)O[C@@H]32)[C@@H]2[C@](O)([C@@H](O)CO)[C@@]3(O)O[C@]2(O)[C@](O)(O[C@]53C(=O)O)[C@]1(O)O4)c1cc(O)c(O)c(O)c1. The Kier molecular flexibility index (Phi) is 10.3. The third kappa shape index (κ3) is 5.66. The molecule has 81 heavy (non-hydrogen) atoms. The second-order valence-electron chi connectivity index (χ2n) is 19.8. The molecule has 2 aliphatic carbocycles. The number of hydrogen-bond donors (Lipinski definition) is 19. The molecule has 1 spiro atoms. The lowest BCUT2D eigenvalue weighted by atomic mass is 9.45. The molecule has 5 saturated heterocycles. The number of fused-ring (bicyclic) bond motifs is 3. The van der Waals surface area contributed by atoms with Gasteiger partial charge in [0.25, 0.3) is 11.6 Å². The zero-order valence-corrected chi connectivity index (χ0v) is 39.5. The minimum atomic E-state index is -4.45. The van der Waals surface area contributed by atoms with Crippen LogP contribution in [-0.2, 0) is 47.5 Å². The molecule has 0 amide bonds. The molecule has 10 bridgehead atoms. The molecule has 14 rings (SSSR count). The molecule has 8 aliphatic heterocycles. The van der Waals surface area contributed by atoms with E-state index in [9.17, 15) is 111 Å². The van der Waals surface area contributed by atoms with Crippen LogP contribution in [0, 0.1) is 11.3 Å². The Bertz CT molecular complexity index is 3610. The van der Waals surface area contributed by atoms with Crippen LogP contribution in [0.2, 0.25) is 0 Å². The monoisotopic (exact) mass is 1140 g/mol. The average Bonchev–Trinajstić information content (AvgIpc) is 1.44. The number of hydrogen-bond acceptors (Lipinski definition) is 33. The summed E-state index contributed by atoms with van der Waals surface area (Å²) in [5.41, 5.74) is -21.3. The lowest BCUT2D eigenvalue weighted by Gasteiger charge is -2.72.